The van der Waals surface area contributed by atoms with E-state index in [0.717, 1.165) is 15.8 Å². The minimum Gasteiger partial charge on any atom is -0.427 e. The molecule has 0 spiro atoms. The zero-order chi connectivity index (χ0) is 18.1. The zero-order valence-corrected chi connectivity index (χ0v) is 15.4. The highest BCUT2D eigenvalue weighted by Gasteiger charge is 2.16. The molecule has 0 radical (unpaired) electrons. The third kappa shape index (κ3) is 3.33. The van der Waals surface area contributed by atoms with E-state index in [4.69, 9.17) is 28.6 Å². The maximum atomic E-state index is 12.0. The van der Waals surface area contributed by atoms with Gasteiger partial charge in [-0.15, -0.1) is 0 Å². The molecule has 3 aromatic rings. The highest BCUT2D eigenvalue weighted by Crippen LogP contribution is 2.25. The van der Waals surface area contributed by atoms with Crippen LogP contribution in [0.25, 0.3) is 0 Å². The van der Waals surface area contributed by atoms with Crippen molar-refractivity contribution < 1.29 is 4.74 Å². The van der Waals surface area contributed by atoms with Gasteiger partial charge in [0.1, 0.15) is 0 Å². The summed E-state index contributed by atoms with van der Waals surface area (Å²) >= 11 is 11.7. The zero-order valence-electron chi connectivity index (χ0n) is 13.8. The first-order valence-electron chi connectivity index (χ1n) is 7.33. The minimum absolute atomic E-state index is 0.194. The van der Waals surface area contributed by atoms with Crippen LogP contribution < -0.4 is 10.4 Å². The van der Waals surface area contributed by atoms with Gasteiger partial charge in [0, 0.05) is 30.7 Å². The fraction of sp³-hybridized carbons (Fsp3) is 0.267. The largest absolute Gasteiger partial charge is 0.427 e. The number of hydrogen-bond acceptors (Lipinski definition) is 6. The summed E-state index contributed by atoms with van der Waals surface area (Å²) in [5.41, 5.74) is 1.94. The van der Waals surface area contributed by atoms with E-state index in [1.165, 1.54) is 11.7 Å². The number of ether oxygens (including phenoxy) is 1. The molecule has 0 aliphatic rings. The van der Waals surface area contributed by atoms with E-state index in [1.54, 1.807) is 36.1 Å². The van der Waals surface area contributed by atoms with Gasteiger partial charge < -0.3 is 4.74 Å². The third-order valence-electron chi connectivity index (χ3n) is 3.82. The average Bonchev–Trinajstić information content (AvgIpc) is 3.11. The van der Waals surface area contributed by atoms with E-state index in [2.05, 4.69) is 15.5 Å². The monoisotopic (exact) mass is 378 g/mol. The molecule has 3 rings (SSSR count). The van der Waals surface area contributed by atoms with Crippen molar-refractivity contribution in [2.75, 3.05) is 0 Å². The van der Waals surface area contributed by atoms with Crippen LogP contribution in [0.2, 0.25) is 5.02 Å². The van der Waals surface area contributed by atoms with E-state index in [9.17, 15) is 4.79 Å². The Bertz CT molecular complexity index is 1010. The van der Waals surface area contributed by atoms with Crippen LogP contribution in [0.15, 0.2) is 29.2 Å². The van der Waals surface area contributed by atoms with Gasteiger partial charge in [0.15, 0.2) is 5.05 Å². The molecule has 0 saturated carbocycles. The molecule has 0 aliphatic carbocycles. The van der Waals surface area contributed by atoms with Crippen LogP contribution in [0.1, 0.15) is 16.7 Å². The van der Waals surface area contributed by atoms with Gasteiger partial charge in [-0.2, -0.15) is 14.5 Å². The van der Waals surface area contributed by atoms with Gasteiger partial charge in [0.2, 0.25) is 5.88 Å². The van der Waals surface area contributed by atoms with Crippen molar-refractivity contribution >= 4 is 28.9 Å². The molecule has 8 nitrogen and oxygen atoms in total. The molecule has 2 heterocycles. The topological polar surface area (TPSA) is 79.8 Å². The SMILES string of the molecule is Cc1c(C(=S)Oc2ccnn2C)ccc(Cl)c1Cn1nnn(C)c1=O. The molecular formula is C15H15ClN6O2S. The number of aryl methyl sites for hydroxylation is 2. The number of aromatic nitrogens is 6. The Morgan fingerprint density at radius 1 is 1.24 bits per heavy atom. The van der Waals surface area contributed by atoms with E-state index in [0.29, 0.717) is 21.5 Å². The first-order valence-corrected chi connectivity index (χ1v) is 8.12. The van der Waals surface area contributed by atoms with Crippen LogP contribution in [0.4, 0.5) is 0 Å². The number of tetrazole rings is 1. The summed E-state index contributed by atoms with van der Waals surface area (Å²) in [6.07, 6.45) is 1.62. The van der Waals surface area contributed by atoms with Crippen LogP contribution in [-0.4, -0.2) is 34.6 Å². The smallest absolute Gasteiger partial charge is 0.363 e. The lowest BCUT2D eigenvalue weighted by Crippen LogP contribution is -2.24. The molecule has 0 saturated heterocycles. The molecule has 10 heteroatoms. The van der Waals surface area contributed by atoms with E-state index >= 15 is 0 Å². The highest BCUT2D eigenvalue weighted by atomic mass is 35.5. The third-order valence-corrected chi connectivity index (χ3v) is 4.48. The normalized spacial score (nSPS) is 10.9. The molecule has 0 amide bonds. The lowest BCUT2D eigenvalue weighted by atomic mass is 10.0. The molecule has 0 aliphatic heterocycles. The van der Waals surface area contributed by atoms with Crippen molar-refractivity contribution in [2.24, 2.45) is 14.1 Å². The fourth-order valence-corrected chi connectivity index (χ4v) is 2.92. The number of thiocarbonyl (C=S) groups is 1. The predicted octanol–water partition coefficient (Wildman–Crippen LogP) is 1.47. The number of nitrogens with zero attached hydrogens (tertiary/aromatic N) is 6. The Morgan fingerprint density at radius 3 is 2.60 bits per heavy atom. The summed E-state index contributed by atoms with van der Waals surface area (Å²) in [6, 6.07) is 5.23. The van der Waals surface area contributed by atoms with Crippen molar-refractivity contribution in [2.45, 2.75) is 13.5 Å². The van der Waals surface area contributed by atoms with E-state index < -0.39 is 0 Å². The summed E-state index contributed by atoms with van der Waals surface area (Å²) < 4.78 is 9.69. The molecule has 2 aromatic heterocycles. The van der Waals surface area contributed by atoms with Crippen LogP contribution in [0, 0.1) is 6.92 Å². The van der Waals surface area contributed by atoms with Gasteiger partial charge in [-0.3, -0.25) is 0 Å². The maximum Gasteiger partial charge on any atom is 0.363 e. The van der Waals surface area contributed by atoms with Crippen LogP contribution in [0.5, 0.6) is 5.88 Å². The van der Waals surface area contributed by atoms with Crippen molar-refractivity contribution in [3.63, 3.8) is 0 Å². The summed E-state index contributed by atoms with van der Waals surface area (Å²) in [6.45, 7) is 2.07. The number of halogens is 1. The Morgan fingerprint density at radius 2 is 2.00 bits per heavy atom. The lowest BCUT2D eigenvalue weighted by molar-refractivity contribution is 0.495. The second kappa shape index (κ2) is 6.77. The second-order valence-corrected chi connectivity index (χ2v) is 6.20. The molecule has 1 aromatic carbocycles. The predicted molar refractivity (Wildman–Crippen MR) is 96.1 cm³/mol. The molecule has 130 valence electrons. The van der Waals surface area contributed by atoms with Crippen molar-refractivity contribution in [1.82, 2.24) is 29.6 Å². The van der Waals surface area contributed by atoms with Gasteiger partial charge >= 0.3 is 5.69 Å². The molecular weight excluding hydrogens is 364 g/mol. The first kappa shape index (κ1) is 17.3. The molecule has 0 N–H and O–H groups in total. The molecule has 0 atom stereocenters. The number of hydrogen-bond donors (Lipinski definition) is 0. The Kier molecular flexibility index (Phi) is 4.69. The van der Waals surface area contributed by atoms with E-state index in [1.807, 2.05) is 6.92 Å². The van der Waals surface area contributed by atoms with Gasteiger partial charge in [-0.05, 0) is 52.8 Å². The highest BCUT2D eigenvalue weighted by molar-refractivity contribution is 7.80. The fourth-order valence-electron chi connectivity index (χ4n) is 2.35. The number of benzene rings is 1. The average molecular weight is 379 g/mol. The summed E-state index contributed by atoms with van der Waals surface area (Å²) in [5.74, 6) is 0.533. The molecule has 0 unspecified atom stereocenters. The summed E-state index contributed by atoms with van der Waals surface area (Å²) in [4.78, 5) is 12.0. The van der Waals surface area contributed by atoms with Crippen LogP contribution in [-0.2, 0) is 20.6 Å². The number of rotatable bonds is 4. The van der Waals surface area contributed by atoms with Crippen LogP contribution >= 0.6 is 23.8 Å². The Balaban J connectivity index is 1.94. The standard InChI is InChI=1S/C15H15ClN6O2S/c1-9-10(14(25)24-13-6-7-17-20(13)2)4-5-12(16)11(9)8-22-15(23)21(3)18-19-22/h4-7H,8H2,1-3H3. The molecule has 25 heavy (non-hydrogen) atoms. The lowest BCUT2D eigenvalue weighted by Gasteiger charge is -2.14. The van der Waals surface area contributed by atoms with Crippen molar-refractivity contribution in [1.29, 1.82) is 0 Å². The summed E-state index contributed by atoms with van der Waals surface area (Å²) in [5, 5.41) is 12.4. The van der Waals surface area contributed by atoms with Crippen LogP contribution in [0.3, 0.4) is 0 Å². The Labute approximate surface area is 153 Å². The molecule has 0 bridgehead atoms. The maximum absolute atomic E-state index is 12.0. The van der Waals surface area contributed by atoms with Gasteiger partial charge in [0.25, 0.3) is 0 Å². The Hall–Kier alpha value is -2.52. The first-order chi connectivity index (χ1) is 11.9. The summed E-state index contributed by atoms with van der Waals surface area (Å²) in [7, 11) is 3.30. The quantitative estimate of drug-likeness (QED) is 0.640. The van der Waals surface area contributed by atoms with Crippen molar-refractivity contribution in [3.8, 4) is 5.88 Å². The van der Waals surface area contributed by atoms with Gasteiger partial charge in [-0.1, -0.05) is 11.6 Å². The van der Waals surface area contributed by atoms with Gasteiger partial charge in [-0.25, -0.2) is 9.48 Å². The molecule has 0 fully saturated rings. The minimum atomic E-state index is -0.324. The van der Waals surface area contributed by atoms with Gasteiger partial charge in [0.05, 0.1) is 12.7 Å². The van der Waals surface area contributed by atoms with Crippen molar-refractivity contribution in [3.05, 3.63) is 56.6 Å². The second-order valence-electron chi connectivity index (χ2n) is 5.42. The van der Waals surface area contributed by atoms with E-state index in [-0.39, 0.29) is 12.2 Å².